The first-order chi connectivity index (χ1) is 11.6. The third-order valence-electron chi connectivity index (χ3n) is 5.39. The Bertz CT molecular complexity index is 514. The molecule has 3 aliphatic rings. The predicted octanol–water partition coefficient (Wildman–Crippen LogP) is 1.28. The van der Waals surface area contributed by atoms with Crippen molar-refractivity contribution < 1.29 is 24.2 Å². The van der Waals surface area contributed by atoms with Crippen LogP contribution in [0.15, 0.2) is 12.2 Å². The minimum absolute atomic E-state index is 0.0443. The fourth-order valence-corrected chi connectivity index (χ4v) is 4.22. The summed E-state index contributed by atoms with van der Waals surface area (Å²) in [6.07, 6.45) is 8.16. The summed E-state index contributed by atoms with van der Waals surface area (Å²) in [5.74, 6) is -0.181. The molecule has 2 fully saturated rings. The van der Waals surface area contributed by atoms with Crippen LogP contribution in [0.4, 0.5) is 0 Å². The van der Waals surface area contributed by atoms with Gasteiger partial charge in [0.05, 0.1) is 18.4 Å². The molecule has 6 nitrogen and oxygen atoms in total. The Labute approximate surface area is 141 Å². The summed E-state index contributed by atoms with van der Waals surface area (Å²) in [6.45, 7) is 0.713. The zero-order valence-electron chi connectivity index (χ0n) is 13.9. The van der Waals surface area contributed by atoms with Gasteiger partial charge in [-0.1, -0.05) is 18.6 Å². The van der Waals surface area contributed by atoms with Gasteiger partial charge in [-0.2, -0.15) is 0 Å². The number of rotatable bonds is 9. The summed E-state index contributed by atoms with van der Waals surface area (Å²) in [5.41, 5.74) is 0. The van der Waals surface area contributed by atoms with E-state index in [1.807, 2.05) is 0 Å². The van der Waals surface area contributed by atoms with Crippen LogP contribution in [0.2, 0.25) is 0 Å². The highest BCUT2D eigenvalue weighted by molar-refractivity contribution is 6.06. The van der Waals surface area contributed by atoms with Crippen LogP contribution in [0.1, 0.15) is 38.5 Å². The first kappa shape index (κ1) is 17.1. The van der Waals surface area contributed by atoms with Crippen molar-refractivity contribution in [3.8, 4) is 0 Å². The molecule has 132 valence electrons. The van der Waals surface area contributed by atoms with Gasteiger partial charge in [-0.15, -0.1) is 0 Å². The summed E-state index contributed by atoms with van der Waals surface area (Å²) >= 11 is 0. The van der Waals surface area contributed by atoms with E-state index in [9.17, 15) is 14.4 Å². The lowest BCUT2D eigenvalue weighted by Crippen LogP contribution is -2.34. The van der Waals surface area contributed by atoms with Gasteiger partial charge in [0.1, 0.15) is 0 Å². The lowest BCUT2D eigenvalue weighted by Gasteiger charge is -2.17. The van der Waals surface area contributed by atoms with Gasteiger partial charge in [-0.05, 0) is 37.5 Å². The highest BCUT2D eigenvalue weighted by Crippen LogP contribution is 2.52. The minimum atomic E-state index is -0.258. The maximum Gasteiger partial charge on any atom is 0.305 e. The molecule has 24 heavy (non-hydrogen) atoms. The molecule has 0 radical (unpaired) electrons. The second-order valence-electron chi connectivity index (χ2n) is 6.94. The van der Waals surface area contributed by atoms with Crippen molar-refractivity contribution in [3.05, 3.63) is 12.2 Å². The summed E-state index contributed by atoms with van der Waals surface area (Å²) in [5, 5.41) is 8.67. The molecule has 1 saturated heterocycles. The van der Waals surface area contributed by atoms with Crippen LogP contribution in [0.5, 0.6) is 0 Å². The number of likely N-dealkylation sites (tertiary alicyclic amines) is 1. The van der Waals surface area contributed by atoms with Crippen molar-refractivity contribution in [3.63, 3.8) is 0 Å². The standard InChI is InChI=1S/C18H25NO5/c20-9-3-1-2-5-14(21)24-10-4-8-19-17(22)15-12-6-7-13(11-12)16(15)18(19)23/h6-7,12-13,15-16,20H,1-5,8-11H2. The molecule has 3 rings (SSSR count). The fraction of sp³-hybridized carbons (Fsp3) is 0.722. The van der Waals surface area contributed by atoms with E-state index < -0.39 is 0 Å². The van der Waals surface area contributed by atoms with Crippen molar-refractivity contribution in [1.29, 1.82) is 0 Å². The Morgan fingerprint density at radius 3 is 2.38 bits per heavy atom. The fourth-order valence-electron chi connectivity index (χ4n) is 4.22. The van der Waals surface area contributed by atoms with E-state index in [4.69, 9.17) is 9.84 Å². The van der Waals surface area contributed by atoms with E-state index in [2.05, 4.69) is 12.2 Å². The van der Waals surface area contributed by atoms with E-state index in [1.54, 1.807) is 0 Å². The number of aliphatic hydroxyl groups is 1. The topological polar surface area (TPSA) is 83.9 Å². The monoisotopic (exact) mass is 335 g/mol. The molecule has 1 saturated carbocycles. The van der Waals surface area contributed by atoms with E-state index in [1.165, 1.54) is 4.90 Å². The van der Waals surface area contributed by atoms with Crippen molar-refractivity contribution in [2.75, 3.05) is 19.8 Å². The molecule has 2 amide bonds. The second kappa shape index (κ2) is 7.47. The molecule has 2 aliphatic carbocycles. The van der Waals surface area contributed by atoms with Gasteiger partial charge in [-0.3, -0.25) is 19.3 Å². The second-order valence-corrected chi connectivity index (χ2v) is 6.94. The van der Waals surface area contributed by atoms with E-state index in [0.29, 0.717) is 32.2 Å². The van der Waals surface area contributed by atoms with Gasteiger partial charge in [0.25, 0.3) is 0 Å². The Balaban J connectivity index is 1.37. The van der Waals surface area contributed by atoms with Crippen LogP contribution in [0.25, 0.3) is 0 Å². The van der Waals surface area contributed by atoms with Crippen LogP contribution in [-0.4, -0.2) is 47.5 Å². The van der Waals surface area contributed by atoms with Crippen molar-refractivity contribution in [2.45, 2.75) is 38.5 Å². The van der Waals surface area contributed by atoms with Crippen LogP contribution >= 0.6 is 0 Å². The Morgan fingerprint density at radius 1 is 1.08 bits per heavy atom. The van der Waals surface area contributed by atoms with Gasteiger partial charge < -0.3 is 9.84 Å². The summed E-state index contributed by atoms with van der Waals surface area (Å²) in [6, 6.07) is 0. The minimum Gasteiger partial charge on any atom is -0.466 e. The van der Waals surface area contributed by atoms with Gasteiger partial charge >= 0.3 is 5.97 Å². The number of hydrogen-bond acceptors (Lipinski definition) is 5. The average molecular weight is 335 g/mol. The molecular formula is C18H25NO5. The molecule has 4 unspecified atom stereocenters. The molecule has 0 spiro atoms. The first-order valence-corrected chi connectivity index (χ1v) is 8.93. The third-order valence-corrected chi connectivity index (χ3v) is 5.39. The largest absolute Gasteiger partial charge is 0.466 e. The summed E-state index contributed by atoms with van der Waals surface area (Å²) in [7, 11) is 0. The Morgan fingerprint density at radius 2 is 1.75 bits per heavy atom. The van der Waals surface area contributed by atoms with Crippen LogP contribution in [0, 0.1) is 23.7 Å². The molecule has 1 heterocycles. The molecule has 1 N–H and O–H groups in total. The first-order valence-electron chi connectivity index (χ1n) is 8.93. The normalized spacial score (nSPS) is 30.3. The smallest absolute Gasteiger partial charge is 0.305 e. The average Bonchev–Trinajstić information content (AvgIpc) is 3.24. The molecule has 2 bridgehead atoms. The zero-order valence-corrected chi connectivity index (χ0v) is 13.9. The summed E-state index contributed by atoms with van der Waals surface area (Å²) < 4.78 is 5.14. The number of unbranched alkanes of at least 4 members (excludes halogenated alkanes) is 2. The lowest BCUT2D eigenvalue weighted by molar-refractivity contribution is -0.144. The predicted molar refractivity (Wildman–Crippen MR) is 85.6 cm³/mol. The number of fused-ring (bicyclic) bond motifs is 5. The SMILES string of the molecule is O=C(CCCCCO)OCCCN1C(=O)C2C3C=CC(C3)C2C1=O. The molecule has 0 aromatic heterocycles. The number of imide groups is 1. The van der Waals surface area contributed by atoms with Gasteiger partial charge in [0.2, 0.25) is 11.8 Å². The quantitative estimate of drug-likeness (QED) is 0.297. The maximum atomic E-state index is 12.5. The highest BCUT2D eigenvalue weighted by Gasteiger charge is 2.58. The van der Waals surface area contributed by atoms with Crippen LogP contribution < -0.4 is 0 Å². The van der Waals surface area contributed by atoms with E-state index >= 15 is 0 Å². The van der Waals surface area contributed by atoms with Crippen molar-refractivity contribution in [1.82, 2.24) is 4.90 Å². The number of aliphatic hydroxyl groups excluding tert-OH is 1. The molecule has 1 aliphatic heterocycles. The number of allylic oxidation sites excluding steroid dienone is 2. The highest BCUT2D eigenvalue weighted by atomic mass is 16.5. The van der Waals surface area contributed by atoms with Gasteiger partial charge in [0, 0.05) is 19.6 Å². The number of carbonyl (C=O) groups excluding carboxylic acids is 3. The summed E-state index contributed by atoms with van der Waals surface area (Å²) in [4.78, 5) is 37.8. The van der Waals surface area contributed by atoms with E-state index in [-0.39, 0.29) is 54.7 Å². The van der Waals surface area contributed by atoms with Crippen LogP contribution in [0.3, 0.4) is 0 Å². The molecule has 0 aromatic rings. The molecular weight excluding hydrogens is 310 g/mol. The van der Waals surface area contributed by atoms with Gasteiger partial charge in [-0.25, -0.2) is 0 Å². The number of nitrogens with zero attached hydrogens (tertiary/aromatic N) is 1. The van der Waals surface area contributed by atoms with Crippen molar-refractivity contribution >= 4 is 17.8 Å². The molecule has 4 atom stereocenters. The number of ether oxygens (including phenoxy) is 1. The number of hydrogen-bond donors (Lipinski definition) is 1. The Kier molecular flexibility index (Phi) is 5.33. The van der Waals surface area contributed by atoms with Gasteiger partial charge in [0.15, 0.2) is 0 Å². The number of amides is 2. The zero-order chi connectivity index (χ0) is 17.1. The lowest BCUT2D eigenvalue weighted by atomic mass is 9.85. The van der Waals surface area contributed by atoms with E-state index in [0.717, 1.165) is 12.8 Å². The number of esters is 1. The van der Waals surface area contributed by atoms with Crippen LogP contribution in [-0.2, 0) is 19.1 Å². The molecule has 6 heteroatoms. The third kappa shape index (κ3) is 3.24. The number of carbonyl (C=O) groups is 3. The van der Waals surface area contributed by atoms with Crippen molar-refractivity contribution in [2.24, 2.45) is 23.7 Å². The molecule has 0 aromatic carbocycles. The maximum absolute atomic E-state index is 12.5. The Hall–Kier alpha value is -1.69.